The van der Waals surface area contributed by atoms with Crippen LogP contribution in [0.5, 0.6) is 0 Å². The second-order valence-electron chi connectivity index (χ2n) is 11.8. The summed E-state index contributed by atoms with van der Waals surface area (Å²) in [5.74, 6) is 0.866. The lowest BCUT2D eigenvalue weighted by molar-refractivity contribution is 1.09. The Morgan fingerprint density at radius 3 is 1.76 bits per heavy atom. The minimum Gasteiger partial charge on any atom is -0.292 e. The van der Waals surface area contributed by atoms with Gasteiger partial charge in [-0.1, -0.05) is 121 Å². The van der Waals surface area contributed by atoms with Gasteiger partial charge in [0.2, 0.25) is 0 Å². The van der Waals surface area contributed by atoms with E-state index in [4.69, 9.17) is 9.97 Å². The van der Waals surface area contributed by atoms with Gasteiger partial charge in [0.15, 0.2) is 0 Å². The summed E-state index contributed by atoms with van der Waals surface area (Å²) < 4.78 is 4.65. The van der Waals surface area contributed by atoms with Crippen LogP contribution in [0.1, 0.15) is 0 Å². The summed E-state index contributed by atoms with van der Waals surface area (Å²) in [5, 5.41) is 5.91. The topological polar surface area (TPSA) is 35.1 Å². The second kappa shape index (κ2) is 9.62. The van der Waals surface area contributed by atoms with Gasteiger partial charge >= 0.3 is 0 Å². The quantitative estimate of drug-likeness (QED) is 0.193. The molecular weight excluding hydrogens is 560 g/mol. The van der Waals surface area contributed by atoms with E-state index in [1.165, 1.54) is 16.2 Å². The number of pyridine rings is 2. The fraction of sp³-hybridized carbons (Fsp3) is 0. The number of hydrogen-bond donors (Lipinski definition) is 0. The molecule has 0 aliphatic rings. The van der Waals surface area contributed by atoms with Crippen LogP contribution in [-0.4, -0.2) is 18.9 Å². The summed E-state index contributed by atoms with van der Waals surface area (Å²) >= 11 is 0. The summed E-state index contributed by atoms with van der Waals surface area (Å²) in [5.41, 5.74) is 10.6. The van der Waals surface area contributed by atoms with Crippen molar-refractivity contribution in [3.63, 3.8) is 0 Å². The molecule has 0 N–H and O–H groups in total. The maximum Gasteiger partial charge on any atom is 0.146 e. The molecular formula is C42H26N4. The van der Waals surface area contributed by atoms with E-state index in [2.05, 4.69) is 161 Å². The lowest BCUT2D eigenvalue weighted by atomic mass is 10.0. The Hall–Kier alpha value is -6.26. The zero-order valence-electron chi connectivity index (χ0n) is 24.8. The third-order valence-electron chi connectivity index (χ3n) is 9.28. The molecule has 0 bridgehead atoms. The van der Waals surface area contributed by atoms with Crippen molar-refractivity contribution in [3.8, 4) is 28.2 Å². The van der Waals surface area contributed by atoms with E-state index < -0.39 is 0 Å². The van der Waals surface area contributed by atoms with E-state index in [1.807, 2.05) is 6.07 Å². The van der Waals surface area contributed by atoms with Crippen LogP contribution in [-0.2, 0) is 0 Å². The fourth-order valence-corrected chi connectivity index (χ4v) is 7.25. The molecule has 214 valence electrons. The molecule has 0 aliphatic heterocycles. The number of hydrogen-bond acceptors (Lipinski definition) is 2. The van der Waals surface area contributed by atoms with Gasteiger partial charge in [-0.25, -0.2) is 9.97 Å². The predicted molar refractivity (Wildman–Crippen MR) is 191 cm³/mol. The highest BCUT2D eigenvalue weighted by Crippen LogP contribution is 2.40. The van der Waals surface area contributed by atoms with Gasteiger partial charge in [-0.3, -0.25) is 8.97 Å². The Bertz CT molecular complexity index is 2730. The molecule has 4 heterocycles. The maximum absolute atomic E-state index is 5.48. The van der Waals surface area contributed by atoms with E-state index in [0.717, 1.165) is 72.2 Å². The lowest BCUT2D eigenvalue weighted by Crippen LogP contribution is -2.00. The number of aromatic nitrogens is 4. The Balaban J connectivity index is 1.39. The third-order valence-corrected chi connectivity index (χ3v) is 9.28. The van der Waals surface area contributed by atoms with Crippen LogP contribution in [0.25, 0.3) is 88.4 Å². The molecule has 4 nitrogen and oxygen atoms in total. The highest BCUT2D eigenvalue weighted by molar-refractivity contribution is 6.20. The first-order chi connectivity index (χ1) is 22.8. The van der Waals surface area contributed by atoms with E-state index in [-0.39, 0.29) is 0 Å². The molecule has 46 heavy (non-hydrogen) atoms. The molecule has 0 amide bonds. The average molecular weight is 587 g/mol. The predicted octanol–water partition coefficient (Wildman–Crippen LogP) is 10.6. The summed E-state index contributed by atoms with van der Waals surface area (Å²) in [6.07, 6.45) is 0. The van der Waals surface area contributed by atoms with Crippen molar-refractivity contribution in [1.29, 1.82) is 0 Å². The summed E-state index contributed by atoms with van der Waals surface area (Å²) in [4.78, 5) is 10.8. The number of para-hydroxylation sites is 2. The molecule has 4 heteroatoms. The van der Waals surface area contributed by atoms with Crippen molar-refractivity contribution in [2.75, 3.05) is 0 Å². The standard InChI is InChI=1S/C42H26N4/c1-3-13-27(14-4-1)29-25-35(28-15-5-2-6-16-28)43-39(26-29)46-37-22-12-10-19-32(37)33-23-24-38-40(41(33)46)44-42-34-20-8-7-17-30(34)31-18-9-11-21-36(31)45(38)42/h1-26H. The van der Waals surface area contributed by atoms with Crippen molar-refractivity contribution in [2.45, 2.75) is 0 Å². The summed E-state index contributed by atoms with van der Waals surface area (Å²) in [6, 6.07) is 55.8. The molecule has 10 aromatic rings. The number of fused-ring (bicyclic) bond motifs is 12. The van der Waals surface area contributed by atoms with Gasteiger partial charge in [0, 0.05) is 27.1 Å². The Labute approximate surface area is 264 Å². The second-order valence-corrected chi connectivity index (χ2v) is 11.8. The first-order valence-corrected chi connectivity index (χ1v) is 15.6. The maximum atomic E-state index is 5.48. The van der Waals surface area contributed by atoms with Gasteiger partial charge in [-0.15, -0.1) is 0 Å². The molecule has 0 unspecified atom stereocenters. The molecule has 6 aromatic carbocycles. The molecule has 0 radical (unpaired) electrons. The lowest BCUT2D eigenvalue weighted by Gasteiger charge is -2.13. The van der Waals surface area contributed by atoms with Gasteiger partial charge in [0.05, 0.1) is 27.8 Å². The highest BCUT2D eigenvalue weighted by Gasteiger charge is 2.21. The number of benzene rings is 6. The molecule has 0 saturated heterocycles. The van der Waals surface area contributed by atoms with Crippen LogP contribution >= 0.6 is 0 Å². The first-order valence-electron chi connectivity index (χ1n) is 15.6. The van der Waals surface area contributed by atoms with Crippen LogP contribution in [0.3, 0.4) is 0 Å². The van der Waals surface area contributed by atoms with Crippen molar-refractivity contribution >= 4 is 60.2 Å². The van der Waals surface area contributed by atoms with Crippen LogP contribution < -0.4 is 0 Å². The number of nitrogens with zero attached hydrogens (tertiary/aromatic N) is 4. The number of imidazole rings is 1. The van der Waals surface area contributed by atoms with Crippen LogP contribution in [0.4, 0.5) is 0 Å². The Morgan fingerprint density at radius 1 is 0.391 bits per heavy atom. The molecule has 10 rings (SSSR count). The monoisotopic (exact) mass is 586 g/mol. The van der Waals surface area contributed by atoms with Crippen LogP contribution in [0.2, 0.25) is 0 Å². The molecule has 0 spiro atoms. The Kier molecular flexibility index (Phi) is 5.25. The van der Waals surface area contributed by atoms with Gasteiger partial charge in [0.25, 0.3) is 0 Å². The van der Waals surface area contributed by atoms with Crippen molar-refractivity contribution in [3.05, 3.63) is 158 Å². The van der Waals surface area contributed by atoms with Crippen molar-refractivity contribution in [1.82, 2.24) is 18.9 Å². The normalized spacial score (nSPS) is 11.9. The van der Waals surface area contributed by atoms with Gasteiger partial charge in [-0.2, -0.15) is 0 Å². The largest absolute Gasteiger partial charge is 0.292 e. The van der Waals surface area contributed by atoms with Crippen molar-refractivity contribution in [2.24, 2.45) is 0 Å². The molecule has 0 fully saturated rings. The zero-order valence-corrected chi connectivity index (χ0v) is 24.8. The Morgan fingerprint density at radius 2 is 1.00 bits per heavy atom. The van der Waals surface area contributed by atoms with Crippen LogP contribution in [0.15, 0.2) is 158 Å². The molecule has 4 aromatic heterocycles. The molecule has 0 aliphatic carbocycles. The molecule has 0 saturated carbocycles. The van der Waals surface area contributed by atoms with Gasteiger partial charge < -0.3 is 0 Å². The highest BCUT2D eigenvalue weighted by atomic mass is 15.1. The van der Waals surface area contributed by atoms with Gasteiger partial charge in [-0.05, 0) is 52.9 Å². The smallest absolute Gasteiger partial charge is 0.146 e. The van der Waals surface area contributed by atoms with E-state index >= 15 is 0 Å². The van der Waals surface area contributed by atoms with E-state index in [9.17, 15) is 0 Å². The number of rotatable bonds is 3. The molecule has 0 atom stereocenters. The summed E-state index contributed by atoms with van der Waals surface area (Å²) in [6.45, 7) is 0. The SMILES string of the molecule is c1ccc(-c2cc(-c3ccccc3)nc(-n3c4ccccc4c4ccc5c(nc6c7ccccc7c7ccccc7n56)c43)c2)cc1. The fourth-order valence-electron chi connectivity index (χ4n) is 7.25. The summed E-state index contributed by atoms with van der Waals surface area (Å²) in [7, 11) is 0. The van der Waals surface area contributed by atoms with E-state index in [0.29, 0.717) is 0 Å². The first kappa shape index (κ1) is 25.1. The minimum atomic E-state index is 0.866. The third kappa shape index (κ3) is 3.55. The van der Waals surface area contributed by atoms with Crippen molar-refractivity contribution < 1.29 is 0 Å². The minimum absolute atomic E-state index is 0.866. The average Bonchev–Trinajstić information content (AvgIpc) is 3.69. The van der Waals surface area contributed by atoms with Crippen LogP contribution in [0, 0.1) is 0 Å². The van der Waals surface area contributed by atoms with E-state index in [1.54, 1.807) is 0 Å². The zero-order chi connectivity index (χ0) is 30.2. The van der Waals surface area contributed by atoms with Gasteiger partial charge in [0.1, 0.15) is 17.0 Å².